The summed E-state index contributed by atoms with van der Waals surface area (Å²) in [6.45, 7) is 3.50. The molecular weight excluding hydrogens is 381 g/mol. The van der Waals surface area contributed by atoms with E-state index in [2.05, 4.69) is 20.9 Å². The summed E-state index contributed by atoms with van der Waals surface area (Å²) < 4.78 is 37.8. The van der Waals surface area contributed by atoms with E-state index < -0.39 is 11.7 Å². The maximum atomic E-state index is 12.6. The van der Waals surface area contributed by atoms with Crippen LogP contribution in [0.15, 0.2) is 53.5 Å². The number of amides is 1. The third kappa shape index (κ3) is 7.14. The average molecular weight is 406 g/mol. The van der Waals surface area contributed by atoms with Gasteiger partial charge in [0, 0.05) is 32.2 Å². The van der Waals surface area contributed by atoms with Gasteiger partial charge in [0.2, 0.25) is 0 Å². The van der Waals surface area contributed by atoms with Crippen molar-refractivity contribution in [2.75, 3.05) is 20.1 Å². The van der Waals surface area contributed by atoms with E-state index in [4.69, 9.17) is 0 Å². The molecule has 5 nitrogen and oxygen atoms in total. The smallest absolute Gasteiger partial charge is 0.356 e. The van der Waals surface area contributed by atoms with Crippen molar-refractivity contribution in [3.05, 3.63) is 70.8 Å². The summed E-state index contributed by atoms with van der Waals surface area (Å²) >= 11 is 0. The van der Waals surface area contributed by atoms with Gasteiger partial charge in [-0.1, -0.05) is 24.3 Å². The van der Waals surface area contributed by atoms with Gasteiger partial charge in [-0.15, -0.1) is 0 Å². The molecule has 1 amide bonds. The van der Waals surface area contributed by atoms with Crippen molar-refractivity contribution in [3.8, 4) is 0 Å². The number of hydrogen-bond donors (Lipinski definition) is 3. The molecule has 0 aliphatic carbocycles. The van der Waals surface area contributed by atoms with Crippen molar-refractivity contribution in [2.24, 2.45) is 4.99 Å². The molecule has 0 aliphatic heterocycles. The van der Waals surface area contributed by atoms with Crippen LogP contribution in [0.2, 0.25) is 0 Å². The molecule has 2 rings (SSSR count). The van der Waals surface area contributed by atoms with Gasteiger partial charge in [0.05, 0.1) is 5.56 Å². The van der Waals surface area contributed by atoms with Gasteiger partial charge in [-0.05, 0) is 48.7 Å². The van der Waals surface area contributed by atoms with Crippen molar-refractivity contribution in [3.63, 3.8) is 0 Å². The lowest BCUT2D eigenvalue weighted by Crippen LogP contribution is -2.37. The maximum Gasteiger partial charge on any atom is 0.416 e. The topological polar surface area (TPSA) is 65.5 Å². The van der Waals surface area contributed by atoms with Gasteiger partial charge in [-0.3, -0.25) is 9.79 Å². The van der Waals surface area contributed by atoms with Crippen molar-refractivity contribution < 1.29 is 18.0 Å². The van der Waals surface area contributed by atoms with E-state index in [-0.39, 0.29) is 5.91 Å². The highest BCUT2D eigenvalue weighted by atomic mass is 19.4. The number of hydrogen-bond acceptors (Lipinski definition) is 2. The Kier molecular flexibility index (Phi) is 8.06. The first-order valence-corrected chi connectivity index (χ1v) is 9.31. The van der Waals surface area contributed by atoms with Crippen LogP contribution in [0.1, 0.15) is 34.0 Å². The molecule has 0 bridgehead atoms. The summed E-state index contributed by atoms with van der Waals surface area (Å²) in [6, 6.07) is 12.4. The van der Waals surface area contributed by atoms with Crippen molar-refractivity contribution >= 4 is 11.9 Å². The number of alkyl halides is 3. The Morgan fingerprint density at radius 3 is 2.10 bits per heavy atom. The van der Waals surface area contributed by atoms with Crippen LogP contribution in [0, 0.1) is 0 Å². The van der Waals surface area contributed by atoms with Gasteiger partial charge in [-0.2, -0.15) is 13.2 Å². The molecule has 0 saturated heterocycles. The molecule has 0 spiro atoms. The molecule has 156 valence electrons. The molecule has 0 aromatic heterocycles. The van der Waals surface area contributed by atoms with Crippen molar-refractivity contribution in [2.45, 2.75) is 26.1 Å². The van der Waals surface area contributed by atoms with Gasteiger partial charge >= 0.3 is 6.18 Å². The number of aliphatic imine (C=N–C) groups is 1. The van der Waals surface area contributed by atoms with Gasteiger partial charge in [0.25, 0.3) is 5.91 Å². The molecule has 2 aromatic rings. The highest BCUT2D eigenvalue weighted by molar-refractivity contribution is 5.94. The lowest BCUT2D eigenvalue weighted by atomic mass is 10.1. The minimum Gasteiger partial charge on any atom is -0.356 e. The monoisotopic (exact) mass is 406 g/mol. The second-order valence-electron chi connectivity index (χ2n) is 6.35. The third-order valence-corrected chi connectivity index (χ3v) is 4.22. The Balaban J connectivity index is 1.78. The normalized spacial score (nSPS) is 11.8. The van der Waals surface area contributed by atoms with Crippen LogP contribution < -0.4 is 16.0 Å². The standard InChI is InChI=1S/C21H25F3N4O/c1-3-26-19(29)17-8-4-16(5-9-17)14-28-20(25-2)27-13-12-15-6-10-18(11-7-15)21(22,23)24/h4-11H,3,12-14H2,1-2H3,(H,26,29)(H2,25,27,28). The number of carbonyl (C=O) groups is 1. The third-order valence-electron chi connectivity index (χ3n) is 4.22. The Morgan fingerprint density at radius 2 is 1.55 bits per heavy atom. The maximum absolute atomic E-state index is 12.6. The molecule has 0 radical (unpaired) electrons. The molecule has 29 heavy (non-hydrogen) atoms. The van der Waals surface area contributed by atoms with Gasteiger partial charge in [0.15, 0.2) is 5.96 Å². The average Bonchev–Trinajstić information content (AvgIpc) is 2.71. The quantitative estimate of drug-likeness (QED) is 0.488. The molecular formula is C21H25F3N4O. The van der Waals surface area contributed by atoms with Gasteiger partial charge < -0.3 is 16.0 Å². The highest BCUT2D eigenvalue weighted by Gasteiger charge is 2.29. The molecule has 2 aromatic carbocycles. The molecule has 0 fully saturated rings. The summed E-state index contributed by atoms with van der Waals surface area (Å²) in [6.07, 6.45) is -3.75. The first-order valence-electron chi connectivity index (χ1n) is 9.31. The molecule has 0 aliphatic rings. The zero-order valence-corrected chi connectivity index (χ0v) is 16.4. The summed E-state index contributed by atoms with van der Waals surface area (Å²) in [5.74, 6) is 0.484. The summed E-state index contributed by atoms with van der Waals surface area (Å²) in [5, 5.41) is 9.04. The Bertz CT molecular complexity index is 815. The van der Waals surface area contributed by atoms with E-state index in [1.165, 1.54) is 12.1 Å². The van der Waals surface area contributed by atoms with Crippen LogP contribution in [0.3, 0.4) is 0 Å². The van der Waals surface area contributed by atoms with E-state index in [1.807, 2.05) is 19.1 Å². The zero-order valence-electron chi connectivity index (χ0n) is 16.4. The summed E-state index contributed by atoms with van der Waals surface area (Å²) in [7, 11) is 1.64. The Labute approximate surface area is 168 Å². The minimum absolute atomic E-state index is 0.104. The fraction of sp³-hybridized carbons (Fsp3) is 0.333. The van der Waals surface area contributed by atoms with E-state index in [9.17, 15) is 18.0 Å². The number of guanidine groups is 1. The number of rotatable bonds is 7. The van der Waals surface area contributed by atoms with Gasteiger partial charge in [-0.25, -0.2) is 0 Å². The van der Waals surface area contributed by atoms with E-state index in [1.54, 1.807) is 19.2 Å². The van der Waals surface area contributed by atoms with Crippen LogP contribution in [-0.4, -0.2) is 32.0 Å². The molecule has 0 saturated carbocycles. The van der Waals surface area contributed by atoms with Crippen LogP contribution in [0.25, 0.3) is 0 Å². The number of nitrogens with zero attached hydrogens (tertiary/aromatic N) is 1. The minimum atomic E-state index is -4.32. The largest absolute Gasteiger partial charge is 0.416 e. The lowest BCUT2D eigenvalue weighted by molar-refractivity contribution is -0.137. The lowest BCUT2D eigenvalue weighted by Gasteiger charge is -2.13. The predicted molar refractivity (Wildman–Crippen MR) is 108 cm³/mol. The Morgan fingerprint density at radius 1 is 0.931 bits per heavy atom. The summed E-state index contributed by atoms with van der Waals surface area (Å²) in [5.41, 5.74) is 1.75. The fourth-order valence-corrected chi connectivity index (χ4v) is 2.63. The van der Waals surface area contributed by atoms with E-state index >= 15 is 0 Å². The molecule has 0 heterocycles. The number of benzene rings is 2. The van der Waals surface area contributed by atoms with Crippen molar-refractivity contribution in [1.29, 1.82) is 0 Å². The number of nitrogens with one attached hydrogen (secondary N) is 3. The molecule has 0 unspecified atom stereocenters. The first-order chi connectivity index (χ1) is 13.8. The number of carbonyl (C=O) groups excluding carboxylic acids is 1. The first kappa shape index (κ1) is 22.3. The van der Waals surface area contributed by atoms with E-state index in [0.717, 1.165) is 23.3 Å². The second kappa shape index (κ2) is 10.5. The predicted octanol–water partition coefficient (Wildman–Crippen LogP) is 3.36. The van der Waals surface area contributed by atoms with Crippen LogP contribution >= 0.6 is 0 Å². The van der Waals surface area contributed by atoms with Crippen molar-refractivity contribution in [1.82, 2.24) is 16.0 Å². The van der Waals surface area contributed by atoms with E-state index in [0.29, 0.717) is 37.6 Å². The zero-order chi connectivity index (χ0) is 21.3. The SMILES string of the molecule is CCNC(=O)c1ccc(CNC(=NC)NCCc2ccc(C(F)(F)F)cc2)cc1. The summed E-state index contributed by atoms with van der Waals surface area (Å²) in [4.78, 5) is 15.9. The second-order valence-corrected chi connectivity index (χ2v) is 6.35. The van der Waals surface area contributed by atoms with Gasteiger partial charge in [0.1, 0.15) is 0 Å². The molecule has 3 N–H and O–H groups in total. The van der Waals surface area contributed by atoms with Crippen LogP contribution in [0.5, 0.6) is 0 Å². The Hall–Kier alpha value is -3.03. The molecule has 8 heteroatoms. The fourth-order valence-electron chi connectivity index (χ4n) is 2.63. The number of halogens is 3. The molecule has 0 atom stereocenters. The van der Waals surface area contributed by atoms with Crippen LogP contribution in [-0.2, 0) is 19.1 Å². The highest BCUT2D eigenvalue weighted by Crippen LogP contribution is 2.29. The van der Waals surface area contributed by atoms with Crippen LogP contribution in [0.4, 0.5) is 13.2 Å².